The molecule has 3 N–H and O–H groups in total. The van der Waals surface area contributed by atoms with E-state index in [1.807, 2.05) is 30.3 Å². The number of carbonyl (C=O) groups is 2. The van der Waals surface area contributed by atoms with Gasteiger partial charge in [0, 0.05) is 11.7 Å². The normalized spacial score (nSPS) is 20.0. The van der Waals surface area contributed by atoms with Crippen LogP contribution in [0.4, 0.5) is 0 Å². The molecule has 0 aliphatic heterocycles. The number of rotatable bonds is 4. The summed E-state index contributed by atoms with van der Waals surface area (Å²) in [5.41, 5.74) is 1.17. The Labute approximate surface area is 144 Å². The maximum Gasteiger partial charge on any atom is 0.306 e. The molecule has 0 bridgehead atoms. The zero-order chi connectivity index (χ0) is 17.8. The molecule has 6 heteroatoms. The second kappa shape index (κ2) is 7.34. The molecule has 0 radical (unpaired) electrons. The number of carboxylic acid groups (broad SMARTS) is 1. The maximum atomic E-state index is 12.3. The second-order valence-corrected chi connectivity index (χ2v) is 6.34. The third-order valence-electron chi connectivity index (χ3n) is 4.65. The number of aromatic nitrogens is 1. The first-order valence-electron chi connectivity index (χ1n) is 8.37. The van der Waals surface area contributed by atoms with Crippen molar-refractivity contribution in [1.29, 1.82) is 0 Å². The Morgan fingerprint density at radius 2 is 1.68 bits per heavy atom. The predicted molar refractivity (Wildman–Crippen MR) is 93.3 cm³/mol. The lowest BCUT2D eigenvalue weighted by atomic mass is 9.86. The number of amides is 1. The van der Waals surface area contributed by atoms with Gasteiger partial charge in [0.1, 0.15) is 5.56 Å². The van der Waals surface area contributed by atoms with Crippen LogP contribution in [0.15, 0.2) is 47.3 Å². The van der Waals surface area contributed by atoms with Gasteiger partial charge in [-0.25, -0.2) is 0 Å². The summed E-state index contributed by atoms with van der Waals surface area (Å²) < 4.78 is 0. The van der Waals surface area contributed by atoms with Crippen LogP contribution in [0.3, 0.4) is 0 Å². The van der Waals surface area contributed by atoms with Gasteiger partial charge in [0.05, 0.1) is 5.92 Å². The van der Waals surface area contributed by atoms with Crippen molar-refractivity contribution in [3.8, 4) is 11.3 Å². The highest BCUT2D eigenvalue weighted by molar-refractivity contribution is 5.94. The topological polar surface area (TPSA) is 99.3 Å². The van der Waals surface area contributed by atoms with E-state index in [2.05, 4.69) is 10.3 Å². The van der Waals surface area contributed by atoms with Gasteiger partial charge in [0.15, 0.2) is 0 Å². The largest absolute Gasteiger partial charge is 0.481 e. The van der Waals surface area contributed by atoms with Gasteiger partial charge >= 0.3 is 5.97 Å². The van der Waals surface area contributed by atoms with E-state index in [0.717, 1.165) is 5.56 Å². The monoisotopic (exact) mass is 340 g/mol. The van der Waals surface area contributed by atoms with E-state index >= 15 is 0 Å². The van der Waals surface area contributed by atoms with Gasteiger partial charge in [0.25, 0.3) is 11.5 Å². The fourth-order valence-corrected chi connectivity index (χ4v) is 3.19. The minimum absolute atomic E-state index is 0.0695. The number of aromatic amines is 1. The smallest absolute Gasteiger partial charge is 0.306 e. The molecule has 1 aromatic heterocycles. The number of carboxylic acids is 1. The zero-order valence-electron chi connectivity index (χ0n) is 13.7. The van der Waals surface area contributed by atoms with Gasteiger partial charge in [-0.2, -0.15) is 0 Å². The summed E-state index contributed by atoms with van der Waals surface area (Å²) in [6, 6.07) is 12.6. The van der Waals surface area contributed by atoms with Crippen molar-refractivity contribution in [2.75, 3.05) is 0 Å². The van der Waals surface area contributed by atoms with Crippen LogP contribution in [0.5, 0.6) is 0 Å². The van der Waals surface area contributed by atoms with Gasteiger partial charge in [-0.15, -0.1) is 0 Å². The Balaban J connectivity index is 1.67. The number of benzene rings is 1. The molecule has 0 atom stereocenters. The summed E-state index contributed by atoms with van der Waals surface area (Å²) in [4.78, 5) is 38.3. The number of pyridine rings is 1. The number of nitrogens with one attached hydrogen (secondary N) is 2. The molecule has 1 saturated carbocycles. The minimum Gasteiger partial charge on any atom is -0.481 e. The highest BCUT2D eigenvalue weighted by atomic mass is 16.4. The van der Waals surface area contributed by atoms with Crippen LogP contribution in [0.25, 0.3) is 11.3 Å². The van der Waals surface area contributed by atoms with Crippen LogP contribution in [-0.2, 0) is 4.79 Å². The highest BCUT2D eigenvalue weighted by Gasteiger charge is 2.27. The molecule has 6 nitrogen and oxygen atoms in total. The Morgan fingerprint density at radius 1 is 1.00 bits per heavy atom. The molecule has 0 spiro atoms. The molecule has 3 rings (SSSR count). The summed E-state index contributed by atoms with van der Waals surface area (Å²) in [7, 11) is 0. The highest BCUT2D eigenvalue weighted by Crippen LogP contribution is 2.24. The third-order valence-corrected chi connectivity index (χ3v) is 4.65. The van der Waals surface area contributed by atoms with Crippen LogP contribution >= 0.6 is 0 Å². The Bertz CT molecular complexity index is 821. The average molecular weight is 340 g/mol. The van der Waals surface area contributed by atoms with Crippen LogP contribution in [0.1, 0.15) is 36.0 Å². The van der Waals surface area contributed by atoms with Crippen LogP contribution in [0.2, 0.25) is 0 Å². The first kappa shape index (κ1) is 17.0. The van der Waals surface area contributed by atoms with E-state index in [4.69, 9.17) is 5.11 Å². The molecule has 0 saturated heterocycles. The van der Waals surface area contributed by atoms with E-state index in [9.17, 15) is 14.4 Å². The number of hydrogen-bond acceptors (Lipinski definition) is 3. The van der Waals surface area contributed by atoms with E-state index in [1.54, 1.807) is 6.07 Å². The van der Waals surface area contributed by atoms with Crippen molar-refractivity contribution in [3.63, 3.8) is 0 Å². The Hall–Kier alpha value is -2.89. The van der Waals surface area contributed by atoms with E-state index in [1.165, 1.54) is 6.07 Å². The summed E-state index contributed by atoms with van der Waals surface area (Å²) in [6.07, 6.45) is 2.32. The number of carbonyl (C=O) groups excluding carboxylic acids is 1. The Kier molecular flexibility index (Phi) is 4.97. The van der Waals surface area contributed by atoms with Crippen molar-refractivity contribution in [2.24, 2.45) is 5.92 Å². The molecule has 25 heavy (non-hydrogen) atoms. The Morgan fingerprint density at radius 3 is 2.28 bits per heavy atom. The first-order valence-corrected chi connectivity index (χ1v) is 8.37. The van der Waals surface area contributed by atoms with Crippen LogP contribution in [-0.4, -0.2) is 28.0 Å². The summed E-state index contributed by atoms with van der Waals surface area (Å²) in [5.74, 6) is -1.53. The fraction of sp³-hybridized carbons (Fsp3) is 0.316. The molecule has 130 valence electrons. The molecule has 1 heterocycles. The third kappa shape index (κ3) is 3.96. The molecule has 0 unspecified atom stereocenters. The van der Waals surface area contributed by atoms with Gasteiger partial charge in [-0.1, -0.05) is 30.3 Å². The SMILES string of the molecule is O=C(NC1CCC(C(=O)O)CC1)c1ccc(-c2ccccc2)[nH]c1=O. The maximum absolute atomic E-state index is 12.3. The van der Waals surface area contributed by atoms with Crippen molar-refractivity contribution in [3.05, 3.63) is 58.4 Å². The molecule has 2 aromatic rings. The van der Waals surface area contributed by atoms with Crippen molar-refractivity contribution >= 4 is 11.9 Å². The number of aliphatic carboxylic acids is 1. The molecule has 1 aliphatic rings. The fourth-order valence-electron chi connectivity index (χ4n) is 3.19. The lowest BCUT2D eigenvalue weighted by Crippen LogP contribution is -2.40. The molecule has 1 aromatic carbocycles. The van der Waals surface area contributed by atoms with Crippen LogP contribution < -0.4 is 10.9 Å². The first-order chi connectivity index (χ1) is 12.0. The number of hydrogen-bond donors (Lipinski definition) is 3. The van der Waals surface area contributed by atoms with E-state index in [-0.39, 0.29) is 17.5 Å². The summed E-state index contributed by atoms with van der Waals surface area (Å²) >= 11 is 0. The van der Waals surface area contributed by atoms with Gasteiger partial charge < -0.3 is 15.4 Å². The lowest BCUT2D eigenvalue weighted by molar-refractivity contribution is -0.142. The van der Waals surface area contributed by atoms with E-state index < -0.39 is 17.4 Å². The van der Waals surface area contributed by atoms with Crippen molar-refractivity contribution < 1.29 is 14.7 Å². The van der Waals surface area contributed by atoms with Gasteiger partial charge in [-0.3, -0.25) is 14.4 Å². The minimum atomic E-state index is -0.780. The summed E-state index contributed by atoms with van der Waals surface area (Å²) in [6.45, 7) is 0. The van der Waals surface area contributed by atoms with Gasteiger partial charge in [-0.05, 0) is 43.4 Å². The average Bonchev–Trinajstić information content (AvgIpc) is 2.62. The van der Waals surface area contributed by atoms with Gasteiger partial charge in [0.2, 0.25) is 0 Å². The van der Waals surface area contributed by atoms with Crippen LogP contribution in [0, 0.1) is 5.92 Å². The van der Waals surface area contributed by atoms with E-state index in [0.29, 0.717) is 31.4 Å². The standard InChI is InChI=1S/C19H20N2O4/c22-17(20-14-8-6-13(7-9-14)19(24)25)15-10-11-16(21-18(15)23)12-4-2-1-3-5-12/h1-5,10-11,13-14H,6-9H2,(H,20,22)(H,21,23)(H,24,25). The second-order valence-electron chi connectivity index (χ2n) is 6.34. The molecule has 1 fully saturated rings. The molecular formula is C19H20N2O4. The lowest BCUT2D eigenvalue weighted by Gasteiger charge is -2.26. The molecule has 1 aliphatic carbocycles. The van der Waals surface area contributed by atoms with Crippen molar-refractivity contribution in [2.45, 2.75) is 31.7 Å². The summed E-state index contributed by atoms with van der Waals surface area (Å²) in [5, 5.41) is 11.9. The molecular weight excluding hydrogens is 320 g/mol. The quantitative estimate of drug-likeness (QED) is 0.796. The number of H-pyrrole nitrogens is 1. The van der Waals surface area contributed by atoms with Crippen molar-refractivity contribution in [1.82, 2.24) is 10.3 Å². The zero-order valence-corrected chi connectivity index (χ0v) is 13.7. The molecule has 1 amide bonds. The predicted octanol–water partition coefficient (Wildman–Crippen LogP) is 2.42.